The van der Waals surface area contributed by atoms with Crippen LogP contribution < -0.4 is 10.9 Å². The van der Waals surface area contributed by atoms with E-state index < -0.39 is 5.56 Å². The van der Waals surface area contributed by atoms with Crippen molar-refractivity contribution in [1.82, 2.24) is 15.1 Å². The quantitative estimate of drug-likeness (QED) is 0.907. The lowest BCUT2D eigenvalue weighted by molar-refractivity contribution is -0.121. The zero-order valence-electron chi connectivity index (χ0n) is 9.54. The molecule has 0 saturated heterocycles. The molecule has 0 atom stereocenters. The van der Waals surface area contributed by atoms with Gasteiger partial charge in [-0.1, -0.05) is 23.2 Å². The number of nitrogens with one attached hydrogen (secondary N) is 1. The van der Waals surface area contributed by atoms with Crippen LogP contribution in [0.5, 0.6) is 0 Å². The van der Waals surface area contributed by atoms with Crippen LogP contribution in [0, 0.1) is 0 Å². The summed E-state index contributed by atoms with van der Waals surface area (Å²) in [5.74, 6) is -0.139. The Balaban J connectivity index is 2.68. The van der Waals surface area contributed by atoms with Crippen LogP contribution in [0.4, 0.5) is 0 Å². The predicted octanol–water partition coefficient (Wildman–Crippen LogP) is 1.46. The van der Waals surface area contributed by atoms with Crippen molar-refractivity contribution in [2.75, 3.05) is 0 Å². The zero-order valence-corrected chi connectivity index (χ0v) is 11.0. The van der Waals surface area contributed by atoms with E-state index in [1.54, 1.807) is 0 Å². The Morgan fingerprint density at radius 2 is 2.18 bits per heavy atom. The molecular weight excluding hydrogens is 265 g/mol. The molecule has 94 valence electrons. The molecule has 0 saturated carbocycles. The molecule has 0 unspecified atom stereocenters. The average Bonchev–Trinajstić information content (AvgIpc) is 2.24. The van der Waals surface area contributed by atoms with Crippen LogP contribution in [0.25, 0.3) is 0 Å². The fourth-order valence-corrected chi connectivity index (χ4v) is 1.48. The van der Waals surface area contributed by atoms with E-state index in [1.165, 1.54) is 6.20 Å². The van der Waals surface area contributed by atoms with Crippen molar-refractivity contribution in [3.63, 3.8) is 0 Å². The van der Waals surface area contributed by atoms with Gasteiger partial charge in [-0.2, -0.15) is 5.10 Å². The number of rotatable bonds is 4. The fraction of sp³-hybridized carbons (Fsp3) is 0.500. The summed E-state index contributed by atoms with van der Waals surface area (Å²) in [5, 5.41) is 6.55. The van der Waals surface area contributed by atoms with Crippen LogP contribution in [0.15, 0.2) is 11.0 Å². The first kappa shape index (κ1) is 14.0. The van der Waals surface area contributed by atoms with Gasteiger partial charge in [-0.15, -0.1) is 0 Å². The second-order valence-electron chi connectivity index (χ2n) is 3.81. The number of carbonyl (C=O) groups is 1. The molecule has 1 heterocycles. The predicted molar refractivity (Wildman–Crippen MR) is 66.4 cm³/mol. The third-order valence-electron chi connectivity index (χ3n) is 1.94. The highest BCUT2D eigenvalue weighted by molar-refractivity contribution is 6.41. The van der Waals surface area contributed by atoms with Crippen LogP contribution in [0.2, 0.25) is 10.0 Å². The number of hydrogen-bond acceptors (Lipinski definition) is 3. The second-order valence-corrected chi connectivity index (χ2v) is 4.59. The van der Waals surface area contributed by atoms with Gasteiger partial charge in [0.05, 0.1) is 17.8 Å². The number of carbonyl (C=O) groups excluding carboxylic acids is 1. The number of hydrogen-bond donors (Lipinski definition) is 1. The molecule has 7 heteroatoms. The van der Waals surface area contributed by atoms with Crippen molar-refractivity contribution in [3.05, 3.63) is 26.6 Å². The molecule has 0 aliphatic rings. The Kier molecular flexibility index (Phi) is 4.96. The molecular formula is C10H13Cl2N3O2. The molecule has 0 radical (unpaired) electrons. The summed E-state index contributed by atoms with van der Waals surface area (Å²) in [6.07, 6.45) is 1.45. The summed E-state index contributed by atoms with van der Waals surface area (Å²) in [5.41, 5.74) is -0.489. The van der Waals surface area contributed by atoms with Gasteiger partial charge in [0, 0.05) is 12.5 Å². The Bertz CT molecular complexity index is 471. The Labute approximate surface area is 109 Å². The smallest absolute Gasteiger partial charge is 0.287 e. The zero-order chi connectivity index (χ0) is 13.0. The summed E-state index contributed by atoms with van der Waals surface area (Å²) >= 11 is 11.3. The Hall–Kier alpha value is -1.07. The number of amides is 1. The molecule has 0 fully saturated rings. The Morgan fingerprint density at radius 3 is 2.76 bits per heavy atom. The van der Waals surface area contributed by atoms with Crippen molar-refractivity contribution in [2.24, 2.45) is 0 Å². The van der Waals surface area contributed by atoms with Gasteiger partial charge in [-0.3, -0.25) is 9.59 Å². The van der Waals surface area contributed by atoms with E-state index in [-0.39, 0.29) is 35.0 Å². The van der Waals surface area contributed by atoms with Crippen molar-refractivity contribution >= 4 is 29.1 Å². The maximum Gasteiger partial charge on any atom is 0.287 e. The molecule has 0 aliphatic carbocycles. The lowest BCUT2D eigenvalue weighted by Gasteiger charge is -2.09. The molecule has 0 spiro atoms. The molecule has 17 heavy (non-hydrogen) atoms. The van der Waals surface area contributed by atoms with Crippen LogP contribution >= 0.6 is 23.2 Å². The largest absolute Gasteiger partial charge is 0.354 e. The minimum atomic E-state index is -0.489. The lowest BCUT2D eigenvalue weighted by Crippen LogP contribution is -2.32. The monoisotopic (exact) mass is 277 g/mol. The minimum absolute atomic E-state index is 0.0704. The fourth-order valence-electron chi connectivity index (χ4n) is 1.21. The Morgan fingerprint density at radius 1 is 1.53 bits per heavy atom. The van der Waals surface area contributed by atoms with Crippen LogP contribution in [0.1, 0.15) is 20.3 Å². The summed E-state index contributed by atoms with van der Waals surface area (Å²) in [7, 11) is 0. The van der Waals surface area contributed by atoms with Gasteiger partial charge in [0.1, 0.15) is 5.02 Å². The molecule has 5 nitrogen and oxygen atoms in total. The van der Waals surface area contributed by atoms with Crippen molar-refractivity contribution < 1.29 is 4.79 Å². The maximum atomic E-state index is 11.6. The standard InChI is InChI=1S/C10H13Cl2N3O2/c1-6(2)14-8(16)3-4-15-10(17)9(12)7(11)5-13-15/h5-6H,3-4H2,1-2H3,(H,14,16). The lowest BCUT2D eigenvalue weighted by atomic mass is 10.3. The highest BCUT2D eigenvalue weighted by Gasteiger charge is 2.09. The summed E-state index contributed by atoms with van der Waals surface area (Å²) in [6.45, 7) is 3.90. The van der Waals surface area contributed by atoms with Crippen molar-refractivity contribution in [1.29, 1.82) is 0 Å². The van der Waals surface area contributed by atoms with E-state index in [4.69, 9.17) is 23.2 Å². The molecule has 1 rings (SSSR count). The summed E-state index contributed by atoms with van der Waals surface area (Å²) < 4.78 is 1.12. The first-order valence-electron chi connectivity index (χ1n) is 5.12. The van der Waals surface area contributed by atoms with Crippen molar-refractivity contribution in [2.45, 2.75) is 32.9 Å². The molecule has 1 aromatic heterocycles. The van der Waals surface area contributed by atoms with Crippen molar-refractivity contribution in [3.8, 4) is 0 Å². The van der Waals surface area contributed by atoms with Gasteiger partial charge in [0.25, 0.3) is 5.56 Å². The minimum Gasteiger partial charge on any atom is -0.354 e. The van der Waals surface area contributed by atoms with E-state index in [0.717, 1.165) is 4.68 Å². The number of nitrogens with zero attached hydrogens (tertiary/aromatic N) is 2. The number of aromatic nitrogens is 2. The van der Waals surface area contributed by atoms with Gasteiger partial charge in [0.2, 0.25) is 5.91 Å². The molecule has 0 aliphatic heterocycles. The third kappa shape index (κ3) is 4.02. The molecule has 1 amide bonds. The van der Waals surface area contributed by atoms with E-state index in [2.05, 4.69) is 10.4 Å². The van der Waals surface area contributed by atoms with Crippen LogP contribution in [-0.4, -0.2) is 21.7 Å². The SMILES string of the molecule is CC(C)NC(=O)CCn1ncc(Cl)c(Cl)c1=O. The van der Waals surface area contributed by atoms with E-state index in [1.807, 2.05) is 13.8 Å². The molecule has 1 aromatic rings. The van der Waals surface area contributed by atoms with Crippen LogP contribution in [0.3, 0.4) is 0 Å². The summed E-state index contributed by atoms with van der Waals surface area (Å²) in [6, 6.07) is 0.0704. The highest BCUT2D eigenvalue weighted by Crippen LogP contribution is 2.14. The van der Waals surface area contributed by atoms with E-state index >= 15 is 0 Å². The number of aryl methyl sites for hydroxylation is 1. The average molecular weight is 278 g/mol. The van der Waals surface area contributed by atoms with Gasteiger partial charge in [-0.05, 0) is 13.8 Å². The molecule has 0 bridgehead atoms. The normalized spacial score (nSPS) is 10.6. The molecule has 0 aromatic carbocycles. The van der Waals surface area contributed by atoms with Gasteiger partial charge < -0.3 is 5.32 Å². The van der Waals surface area contributed by atoms with Gasteiger partial charge in [0.15, 0.2) is 0 Å². The van der Waals surface area contributed by atoms with Gasteiger partial charge in [-0.25, -0.2) is 4.68 Å². The molecule has 1 N–H and O–H groups in total. The summed E-state index contributed by atoms with van der Waals surface area (Å²) in [4.78, 5) is 23.0. The first-order valence-corrected chi connectivity index (χ1v) is 5.88. The van der Waals surface area contributed by atoms with E-state index in [0.29, 0.717) is 0 Å². The van der Waals surface area contributed by atoms with Crippen LogP contribution in [-0.2, 0) is 11.3 Å². The second kappa shape index (κ2) is 6.02. The topological polar surface area (TPSA) is 64.0 Å². The maximum absolute atomic E-state index is 11.6. The third-order valence-corrected chi connectivity index (χ3v) is 2.69. The van der Waals surface area contributed by atoms with E-state index in [9.17, 15) is 9.59 Å². The highest BCUT2D eigenvalue weighted by atomic mass is 35.5. The first-order chi connectivity index (χ1) is 7.91. The number of halogens is 2. The van der Waals surface area contributed by atoms with Gasteiger partial charge >= 0.3 is 0 Å².